The van der Waals surface area contributed by atoms with Crippen molar-refractivity contribution >= 4 is 53.8 Å². The molecule has 7 heteroatoms. The van der Waals surface area contributed by atoms with Crippen molar-refractivity contribution in [3.8, 4) is 56.0 Å². The molecule has 11 rings (SSSR count). The molecule has 0 spiro atoms. The van der Waals surface area contributed by atoms with Gasteiger partial charge in [0.05, 0.1) is 9.79 Å². The summed E-state index contributed by atoms with van der Waals surface area (Å²) in [6.45, 7) is 0. The van der Waals surface area contributed by atoms with Crippen molar-refractivity contribution in [2.24, 2.45) is 0 Å². The molecular weight excluding hydrogens is 677 g/mol. The van der Waals surface area contributed by atoms with Crippen molar-refractivity contribution in [2.45, 2.75) is 9.79 Å². The first kappa shape index (κ1) is 29.9. The summed E-state index contributed by atoms with van der Waals surface area (Å²) in [7, 11) is -3.85. The Kier molecular flexibility index (Phi) is 6.24. The zero-order valence-electron chi connectivity index (χ0n) is 27.9. The summed E-state index contributed by atoms with van der Waals surface area (Å²) in [4.78, 5) is 10.8. The van der Waals surface area contributed by atoms with E-state index in [1.807, 2.05) is 121 Å². The third-order valence-electron chi connectivity index (χ3n) is 10.3. The van der Waals surface area contributed by atoms with Gasteiger partial charge in [0.2, 0.25) is 9.84 Å². The lowest BCUT2D eigenvalue weighted by Gasteiger charge is -2.10. The molecule has 0 bridgehead atoms. The van der Waals surface area contributed by atoms with Gasteiger partial charge in [0.25, 0.3) is 0 Å². The van der Waals surface area contributed by atoms with Crippen molar-refractivity contribution in [2.75, 3.05) is 0 Å². The number of hydrogen-bond donors (Lipinski definition) is 0. The third kappa shape index (κ3) is 4.47. The topological polar surface area (TPSA) is 86.2 Å². The Labute approximate surface area is 303 Å². The van der Waals surface area contributed by atoms with Gasteiger partial charge < -0.3 is 8.83 Å². The SMILES string of the molecule is O=S1(=O)c2cc(-c3ccc4c(c3)oc3ccccc34)ccc2-c2c(-c3nc(-c4ccccc4)c4oc5ccc(-c6ccccc6)cc5c4n3)cccc21. The largest absolute Gasteiger partial charge is 0.456 e. The molecule has 0 amide bonds. The standard InChI is InChI=1S/C46H26N2O4S/c49-53(50)40-17-9-15-35(42(40)34-22-19-31(26-41(34)53)30-18-21-33-32-14-7-8-16-37(32)51-39(33)25-30)46-47-43(28-12-5-2-6-13-28)45-44(48-46)36-24-29(20-23-38(36)52-45)27-10-3-1-4-11-27/h1-26H. The summed E-state index contributed by atoms with van der Waals surface area (Å²) in [6, 6.07) is 51.1. The quantitative estimate of drug-likeness (QED) is 0.181. The van der Waals surface area contributed by atoms with Crippen LogP contribution in [0.2, 0.25) is 0 Å². The van der Waals surface area contributed by atoms with Crippen LogP contribution in [-0.2, 0) is 9.84 Å². The molecule has 0 saturated heterocycles. The maximum Gasteiger partial charge on any atom is 0.207 e. The van der Waals surface area contributed by atoms with E-state index in [4.69, 9.17) is 18.8 Å². The molecule has 3 aromatic heterocycles. The Morgan fingerprint density at radius 3 is 1.96 bits per heavy atom. The molecule has 1 aliphatic heterocycles. The highest BCUT2D eigenvalue weighted by Gasteiger charge is 2.36. The Hall–Kier alpha value is -6.83. The molecule has 0 radical (unpaired) electrons. The summed E-state index contributed by atoms with van der Waals surface area (Å²) in [5, 5.41) is 2.92. The van der Waals surface area contributed by atoms with Gasteiger partial charge in [-0.3, -0.25) is 0 Å². The number of nitrogens with zero attached hydrogens (tertiary/aromatic N) is 2. The van der Waals surface area contributed by atoms with E-state index in [1.165, 1.54) is 0 Å². The van der Waals surface area contributed by atoms with Crippen LogP contribution in [0.1, 0.15) is 0 Å². The summed E-state index contributed by atoms with van der Waals surface area (Å²) in [5.41, 5.74) is 10.6. The van der Waals surface area contributed by atoms with Crippen LogP contribution in [0.3, 0.4) is 0 Å². The zero-order chi connectivity index (χ0) is 35.3. The number of fused-ring (bicyclic) bond motifs is 9. The summed E-state index contributed by atoms with van der Waals surface area (Å²) < 4.78 is 41.2. The van der Waals surface area contributed by atoms with Crippen LogP contribution < -0.4 is 0 Å². The van der Waals surface area contributed by atoms with Gasteiger partial charge in [-0.25, -0.2) is 18.4 Å². The van der Waals surface area contributed by atoms with E-state index in [-0.39, 0.29) is 9.79 Å². The van der Waals surface area contributed by atoms with Crippen LogP contribution in [-0.4, -0.2) is 18.4 Å². The van der Waals surface area contributed by atoms with E-state index in [0.29, 0.717) is 44.9 Å². The van der Waals surface area contributed by atoms with Gasteiger partial charge in [-0.2, -0.15) is 0 Å². The van der Waals surface area contributed by atoms with E-state index in [2.05, 4.69) is 18.2 Å². The van der Waals surface area contributed by atoms with E-state index in [0.717, 1.165) is 55.1 Å². The maximum atomic E-state index is 14.3. The predicted molar refractivity (Wildman–Crippen MR) is 209 cm³/mol. The average molecular weight is 703 g/mol. The number of aromatic nitrogens is 2. The molecule has 53 heavy (non-hydrogen) atoms. The molecule has 0 fully saturated rings. The van der Waals surface area contributed by atoms with Crippen LogP contribution in [0.4, 0.5) is 0 Å². The summed E-state index contributed by atoms with van der Waals surface area (Å²) in [5.74, 6) is 0.420. The second kappa shape index (κ2) is 11.1. The van der Waals surface area contributed by atoms with Crippen molar-refractivity contribution in [3.63, 3.8) is 0 Å². The first-order chi connectivity index (χ1) is 26.0. The van der Waals surface area contributed by atoms with Gasteiger partial charge >= 0.3 is 0 Å². The minimum atomic E-state index is -3.85. The van der Waals surface area contributed by atoms with E-state index in [9.17, 15) is 8.42 Å². The number of rotatable bonds is 4. The second-order valence-corrected chi connectivity index (χ2v) is 15.2. The van der Waals surface area contributed by atoms with Gasteiger partial charge in [0, 0.05) is 38.4 Å². The first-order valence-corrected chi connectivity index (χ1v) is 18.8. The fraction of sp³-hybridized carbons (Fsp3) is 0. The number of benzene rings is 7. The molecule has 0 atom stereocenters. The molecule has 6 nitrogen and oxygen atoms in total. The molecule has 4 heterocycles. The molecule has 0 aliphatic carbocycles. The normalized spacial score (nSPS) is 13.2. The highest BCUT2D eigenvalue weighted by molar-refractivity contribution is 7.92. The minimum absolute atomic E-state index is 0.239. The molecule has 0 unspecified atom stereocenters. The monoisotopic (exact) mass is 702 g/mol. The maximum absolute atomic E-state index is 14.3. The lowest BCUT2D eigenvalue weighted by molar-refractivity contribution is 0.598. The number of sulfone groups is 1. The fourth-order valence-corrected chi connectivity index (χ4v) is 9.46. The van der Waals surface area contributed by atoms with E-state index in [1.54, 1.807) is 18.2 Å². The van der Waals surface area contributed by atoms with E-state index >= 15 is 0 Å². The highest BCUT2D eigenvalue weighted by atomic mass is 32.2. The molecule has 250 valence electrons. The van der Waals surface area contributed by atoms with Gasteiger partial charge in [-0.1, -0.05) is 115 Å². The summed E-state index contributed by atoms with van der Waals surface area (Å²) >= 11 is 0. The first-order valence-electron chi connectivity index (χ1n) is 17.3. The molecule has 10 aromatic rings. The van der Waals surface area contributed by atoms with Crippen LogP contribution in [0.25, 0.3) is 100 Å². The Morgan fingerprint density at radius 2 is 1.11 bits per heavy atom. The van der Waals surface area contributed by atoms with Crippen LogP contribution in [0.5, 0.6) is 0 Å². The third-order valence-corrected chi connectivity index (χ3v) is 12.1. The number of furan rings is 2. The Balaban J connectivity index is 1.11. The fourth-order valence-electron chi connectivity index (χ4n) is 7.74. The lowest BCUT2D eigenvalue weighted by Crippen LogP contribution is -1.98. The van der Waals surface area contributed by atoms with Crippen molar-refractivity contribution < 1.29 is 17.3 Å². The zero-order valence-corrected chi connectivity index (χ0v) is 28.8. The van der Waals surface area contributed by atoms with Gasteiger partial charge in [0.15, 0.2) is 11.4 Å². The molecular formula is C46H26N2O4S. The Morgan fingerprint density at radius 1 is 0.434 bits per heavy atom. The van der Waals surface area contributed by atoms with Gasteiger partial charge in [0.1, 0.15) is 28.0 Å². The Bertz CT molecular complexity index is 3240. The number of hydrogen-bond acceptors (Lipinski definition) is 6. The van der Waals surface area contributed by atoms with Gasteiger partial charge in [-0.15, -0.1) is 0 Å². The smallest absolute Gasteiger partial charge is 0.207 e. The second-order valence-electron chi connectivity index (χ2n) is 13.3. The van der Waals surface area contributed by atoms with Crippen molar-refractivity contribution in [3.05, 3.63) is 158 Å². The van der Waals surface area contributed by atoms with Crippen molar-refractivity contribution in [1.29, 1.82) is 0 Å². The average Bonchev–Trinajstić information content (AvgIpc) is 3.85. The van der Waals surface area contributed by atoms with Crippen LogP contribution in [0, 0.1) is 0 Å². The lowest BCUT2D eigenvalue weighted by atomic mass is 9.96. The highest BCUT2D eigenvalue weighted by Crippen LogP contribution is 2.49. The summed E-state index contributed by atoms with van der Waals surface area (Å²) in [6.07, 6.45) is 0. The van der Waals surface area contributed by atoms with Crippen LogP contribution in [0.15, 0.2) is 176 Å². The van der Waals surface area contributed by atoms with Gasteiger partial charge in [-0.05, 0) is 64.7 Å². The molecule has 0 saturated carbocycles. The number of para-hydroxylation sites is 1. The molecule has 1 aliphatic rings. The van der Waals surface area contributed by atoms with Crippen LogP contribution >= 0.6 is 0 Å². The van der Waals surface area contributed by atoms with E-state index < -0.39 is 9.84 Å². The molecule has 7 aromatic carbocycles. The van der Waals surface area contributed by atoms with Crippen molar-refractivity contribution in [1.82, 2.24) is 9.97 Å². The minimum Gasteiger partial charge on any atom is -0.456 e. The molecule has 0 N–H and O–H groups in total. The predicted octanol–water partition coefficient (Wildman–Crippen LogP) is 11.8.